The molecule has 1 aromatic carbocycles. The van der Waals surface area contributed by atoms with Crippen LogP contribution in [0.5, 0.6) is 0 Å². The van der Waals surface area contributed by atoms with Crippen molar-refractivity contribution in [3.63, 3.8) is 0 Å². The molecule has 0 fully saturated rings. The highest BCUT2D eigenvalue weighted by atomic mass is 35.5. The summed E-state index contributed by atoms with van der Waals surface area (Å²) in [6, 6.07) is 7.38. The van der Waals surface area contributed by atoms with E-state index in [1.807, 2.05) is 12.1 Å². The zero-order valence-corrected chi connectivity index (χ0v) is 11.2. The molecule has 7 nitrogen and oxygen atoms in total. The maximum absolute atomic E-state index is 10.9. The quantitative estimate of drug-likeness (QED) is 0.647. The van der Waals surface area contributed by atoms with Gasteiger partial charge in [-0.1, -0.05) is 23.7 Å². The molecule has 2 aromatic rings. The molecular weight excluding hydrogens is 282 g/mol. The normalized spacial score (nSPS) is 10.2. The summed E-state index contributed by atoms with van der Waals surface area (Å²) in [5, 5.41) is 14.5. The van der Waals surface area contributed by atoms with Crippen molar-refractivity contribution in [2.75, 3.05) is 17.6 Å². The van der Waals surface area contributed by atoms with Crippen molar-refractivity contribution < 1.29 is 4.92 Å². The highest BCUT2D eigenvalue weighted by molar-refractivity contribution is 6.30. The second kappa shape index (κ2) is 6.16. The Morgan fingerprint density at radius 2 is 2.00 bits per heavy atom. The third-order valence-electron chi connectivity index (χ3n) is 2.65. The van der Waals surface area contributed by atoms with Gasteiger partial charge < -0.3 is 11.1 Å². The highest BCUT2D eigenvalue weighted by Gasteiger charge is 2.20. The summed E-state index contributed by atoms with van der Waals surface area (Å²) in [5.41, 5.74) is 6.23. The van der Waals surface area contributed by atoms with Crippen LogP contribution in [0.3, 0.4) is 0 Å². The Kier molecular flexibility index (Phi) is 4.31. The lowest BCUT2D eigenvalue weighted by Crippen LogP contribution is -2.10. The predicted molar refractivity (Wildman–Crippen MR) is 76.7 cm³/mol. The first kappa shape index (κ1) is 14.0. The van der Waals surface area contributed by atoms with Crippen molar-refractivity contribution in [2.24, 2.45) is 0 Å². The number of halogens is 1. The molecule has 0 spiro atoms. The van der Waals surface area contributed by atoms with E-state index in [1.54, 1.807) is 12.1 Å². The first-order valence-electron chi connectivity index (χ1n) is 5.81. The molecule has 20 heavy (non-hydrogen) atoms. The van der Waals surface area contributed by atoms with Gasteiger partial charge in [0.2, 0.25) is 11.6 Å². The minimum absolute atomic E-state index is 0.122. The molecule has 0 saturated heterocycles. The molecule has 0 aliphatic heterocycles. The zero-order valence-electron chi connectivity index (χ0n) is 10.4. The van der Waals surface area contributed by atoms with E-state index in [9.17, 15) is 10.1 Å². The Hall–Kier alpha value is -2.41. The van der Waals surface area contributed by atoms with Crippen LogP contribution in [-0.2, 0) is 6.42 Å². The van der Waals surface area contributed by atoms with E-state index in [1.165, 1.54) is 6.33 Å². The first-order chi connectivity index (χ1) is 9.58. The van der Waals surface area contributed by atoms with Crippen LogP contribution in [0.15, 0.2) is 30.6 Å². The number of hydrogen-bond donors (Lipinski definition) is 2. The minimum Gasteiger partial charge on any atom is -0.378 e. The SMILES string of the molecule is Nc1ncnc(NCCc2ccc(Cl)cc2)c1[N+](=O)[O-]. The van der Waals surface area contributed by atoms with Crippen LogP contribution >= 0.6 is 11.6 Å². The molecule has 0 aliphatic carbocycles. The van der Waals surface area contributed by atoms with Crippen molar-refractivity contribution in [1.29, 1.82) is 0 Å². The van der Waals surface area contributed by atoms with E-state index >= 15 is 0 Å². The van der Waals surface area contributed by atoms with Gasteiger partial charge in [-0.2, -0.15) is 0 Å². The Morgan fingerprint density at radius 3 is 2.65 bits per heavy atom. The molecule has 0 unspecified atom stereocenters. The van der Waals surface area contributed by atoms with Crippen LogP contribution in [0.2, 0.25) is 5.02 Å². The third kappa shape index (κ3) is 3.33. The van der Waals surface area contributed by atoms with E-state index in [0.717, 1.165) is 5.56 Å². The van der Waals surface area contributed by atoms with Gasteiger partial charge in [0.25, 0.3) is 0 Å². The number of nitrogens with one attached hydrogen (secondary N) is 1. The largest absolute Gasteiger partial charge is 0.378 e. The Balaban J connectivity index is 2.02. The maximum atomic E-state index is 10.9. The van der Waals surface area contributed by atoms with E-state index < -0.39 is 4.92 Å². The lowest BCUT2D eigenvalue weighted by Gasteiger charge is -2.07. The average molecular weight is 294 g/mol. The number of anilines is 2. The van der Waals surface area contributed by atoms with Crippen molar-refractivity contribution in [3.8, 4) is 0 Å². The standard InChI is InChI=1S/C12H12ClN5O2/c13-9-3-1-8(2-4-9)5-6-15-12-10(18(19)20)11(14)16-7-17-12/h1-4,7H,5-6H2,(H3,14,15,16,17). The Bertz CT molecular complexity index is 618. The molecule has 104 valence electrons. The lowest BCUT2D eigenvalue weighted by atomic mass is 10.1. The minimum atomic E-state index is -0.597. The molecule has 2 rings (SSSR count). The number of nitrogens with two attached hydrogens (primary N) is 1. The van der Waals surface area contributed by atoms with Gasteiger partial charge in [-0.25, -0.2) is 9.97 Å². The van der Waals surface area contributed by atoms with Crippen molar-refractivity contribution in [2.45, 2.75) is 6.42 Å². The van der Waals surface area contributed by atoms with Gasteiger partial charge in [0.05, 0.1) is 4.92 Å². The van der Waals surface area contributed by atoms with E-state index in [2.05, 4.69) is 15.3 Å². The van der Waals surface area contributed by atoms with E-state index in [0.29, 0.717) is 18.0 Å². The van der Waals surface area contributed by atoms with Crippen molar-refractivity contribution in [1.82, 2.24) is 9.97 Å². The van der Waals surface area contributed by atoms with Crippen LogP contribution in [-0.4, -0.2) is 21.4 Å². The van der Waals surface area contributed by atoms with Crippen LogP contribution in [0.25, 0.3) is 0 Å². The molecule has 1 heterocycles. The maximum Gasteiger partial charge on any atom is 0.352 e. The summed E-state index contributed by atoms with van der Waals surface area (Å²) in [5.74, 6) is -0.0320. The first-order valence-corrected chi connectivity index (χ1v) is 6.19. The fourth-order valence-electron chi connectivity index (χ4n) is 1.68. The second-order valence-electron chi connectivity index (χ2n) is 4.02. The number of nitrogens with zero attached hydrogens (tertiary/aromatic N) is 3. The molecule has 0 amide bonds. The molecule has 0 radical (unpaired) electrons. The molecule has 8 heteroatoms. The van der Waals surface area contributed by atoms with Crippen LogP contribution < -0.4 is 11.1 Å². The van der Waals surface area contributed by atoms with Crippen LogP contribution in [0.1, 0.15) is 5.56 Å². The lowest BCUT2D eigenvalue weighted by molar-refractivity contribution is -0.383. The van der Waals surface area contributed by atoms with Crippen molar-refractivity contribution in [3.05, 3.63) is 51.3 Å². The highest BCUT2D eigenvalue weighted by Crippen LogP contribution is 2.26. The summed E-state index contributed by atoms with van der Waals surface area (Å²) < 4.78 is 0. The number of aromatic nitrogens is 2. The Morgan fingerprint density at radius 1 is 1.30 bits per heavy atom. The summed E-state index contributed by atoms with van der Waals surface area (Å²) in [6.45, 7) is 0.485. The Labute approximate surface area is 120 Å². The number of hydrogen-bond acceptors (Lipinski definition) is 6. The summed E-state index contributed by atoms with van der Waals surface area (Å²) in [4.78, 5) is 17.8. The number of rotatable bonds is 5. The summed E-state index contributed by atoms with van der Waals surface area (Å²) in [7, 11) is 0. The molecule has 1 aromatic heterocycles. The fourth-order valence-corrected chi connectivity index (χ4v) is 1.80. The molecule has 0 atom stereocenters. The van der Waals surface area contributed by atoms with Gasteiger partial charge in [0.15, 0.2) is 0 Å². The number of nitrogen functional groups attached to an aromatic ring is 1. The molecular formula is C12H12ClN5O2. The summed E-state index contributed by atoms with van der Waals surface area (Å²) >= 11 is 5.79. The fraction of sp³-hybridized carbons (Fsp3) is 0.167. The molecule has 0 bridgehead atoms. The van der Waals surface area contributed by atoms with E-state index in [-0.39, 0.29) is 17.3 Å². The van der Waals surface area contributed by atoms with Gasteiger partial charge in [-0.3, -0.25) is 10.1 Å². The monoisotopic (exact) mass is 293 g/mol. The molecule has 0 aliphatic rings. The number of nitro groups is 1. The third-order valence-corrected chi connectivity index (χ3v) is 2.90. The van der Waals surface area contributed by atoms with E-state index in [4.69, 9.17) is 17.3 Å². The van der Waals surface area contributed by atoms with Crippen LogP contribution in [0, 0.1) is 10.1 Å². The van der Waals surface area contributed by atoms with Gasteiger partial charge >= 0.3 is 5.69 Å². The van der Waals surface area contributed by atoms with Crippen LogP contribution in [0.4, 0.5) is 17.3 Å². The summed E-state index contributed by atoms with van der Waals surface area (Å²) in [6.07, 6.45) is 1.87. The predicted octanol–water partition coefficient (Wildman–Crippen LogP) is 2.28. The topological polar surface area (TPSA) is 107 Å². The van der Waals surface area contributed by atoms with Gasteiger partial charge in [0.1, 0.15) is 6.33 Å². The zero-order chi connectivity index (χ0) is 14.5. The van der Waals surface area contributed by atoms with Gasteiger partial charge in [0, 0.05) is 11.6 Å². The molecule has 3 N–H and O–H groups in total. The smallest absolute Gasteiger partial charge is 0.352 e. The van der Waals surface area contributed by atoms with Gasteiger partial charge in [-0.15, -0.1) is 0 Å². The van der Waals surface area contributed by atoms with Gasteiger partial charge in [-0.05, 0) is 24.1 Å². The molecule has 0 saturated carbocycles. The van der Waals surface area contributed by atoms with Crippen molar-refractivity contribution >= 4 is 28.9 Å². The second-order valence-corrected chi connectivity index (χ2v) is 4.45. The average Bonchev–Trinajstić information content (AvgIpc) is 2.40. The number of benzene rings is 1.